The summed E-state index contributed by atoms with van der Waals surface area (Å²) >= 11 is 0. The molecular formula is C11H15ClN2. The number of rotatable bonds is 0. The van der Waals surface area contributed by atoms with Gasteiger partial charge in [-0.25, -0.2) is 0 Å². The van der Waals surface area contributed by atoms with E-state index in [1.165, 1.54) is 41.8 Å². The van der Waals surface area contributed by atoms with Gasteiger partial charge in [0.05, 0.1) is 5.69 Å². The number of nitrogens with zero attached hydrogens (tertiary/aromatic N) is 1. The van der Waals surface area contributed by atoms with Crippen LogP contribution in [0, 0.1) is 0 Å². The molecule has 0 aromatic carbocycles. The largest absolute Gasteiger partial charge is 0.304 e. The van der Waals surface area contributed by atoms with Crippen LogP contribution in [0.5, 0.6) is 0 Å². The van der Waals surface area contributed by atoms with Crippen molar-refractivity contribution in [1.29, 1.82) is 0 Å². The van der Waals surface area contributed by atoms with E-state index in [0.717, 1.165) is 6.54 Å². The van der Waals surface area contributed by atoms with E-state index in [9.17, 15) is 0 Å². The number of halogens is 1. The Morgan fingerprint density at radius 1 is 1.36 bits per heavy atom. The summed E-state index contributed by atoms with van der Waals surface area (Å²) in [5, 5.41) is 3.43. The van der Waals surface area contributed by atoms with Crippen molar-refractivity contribution in [2.24, 2.45) is 0 Å². The minimum Gasteiger partial charge on any atom is -0.304 e. The molecule has 2 aliphatic rings. The summed E-state index contributed by atoms with van der Waals surface area (Å²) in [5.74, 6) is 0. The molecule has 0 bridgehead atoms. The summed E-state index contributed by atoms with van der Waals surface area (Å²) in [4.78, 5) is 4.72. The summed E-state index contributed by atoms with van der Waals surface area (Å²) in [6.07, 6.45) is 3.73. The Hall–Kier alpha value is -0.600. The van der Waals surface area contributed by atoms with Gasteiger partial charge in [-0.3, -0.25) is 4.98 Å². The lowest BCUT2D eigenvalue weighted by Gasteiger charge is -2.06. The Labute approximate surface area is 90.5 Å². The molecule has 3 rings (SSSR count). The first-order valence-electron chi connectivity index (χ1n) is 5.09. The van der Waals surface area contributed by atoms with Crippen LogP contribution in [0.1, 0.15) is 41.9 Å². The van der Waals surface area contributed by atoms with Crippen LogP contribution < -0.4 is 5.32 Å². The standard InChI is InChI=1S/C11H14N2.ClH/c1-7-9-5-8-3-2-4-10(8)13-11(9)6-12-7;/h5,7,12H,2-4,6H2,1H3;1H. The maximum absolute atomic E-state index is 4.72. The first-order chi connectivity index (χ1) is 6.34. The zero-order valence-electron chi connectivity index (χ0n) is 8.34. The van der Waals surface area contributed by atoms with Crippen LogP contribution in [0.4, 0.5) is 0 Å². The smallest absolute Gasteiger partial charge is 0.0592 e. The Kier molecular flexibility index (Phi) is 2.50. The molecular weight excluding hydrogens is 196 g/mol. The van der Waals surface area contributed by atoms with Crippen molar-refractivity contribution < 1.29 is 0 Å². The van der Waals surface area contributed by atoms with Gasteiger partial charge in [0.15, 0.2) is 0 Å². The van der Waals surface area contributed by atoms with Gasteiger partial charge in [0.2, 0.25) is 0 Å². The molecule has 1 aliphatic heterocycles. The molecule has 1 aromatic rings. The zero-order chi connectivity index (χ0) is 8.84. The maximum Gasteiger partial charge on any atom is 0.0592 e. The molecule has 0 fully saturated rings. The van der Waals surface area contributed by atoms with Gasteiger partial charge in [-0.2, -0.15) is 0 Å². The fourth-order valence-corrected chi connectivity index (χ4v) is 2.41. The molecule has 0 saturated heterocycles. The summed E-state index contributed by atoms with van der Waals surface area (Å²) < 4.78 is 0. The third kappa shape index (κ3) is 1.33. The quantitative estimate of drug-likeness (QED) is 0.710. The van der Waals surface area contributed by atoms with Crippen molar-refractivity contribution >= 4 is 12.4 Å². The normalized spacial score (nSPS) is 22.8. The van der Waals surface area contributed by atoms with Crippen molar-refractivity contribution in [3.8, 4) is 0 Å². The SMILES string of the molecule is CC1NCc2nc3c(cc21)CCC3.Cl. The van der Waals surface area contributed by atoms with Gasteiger partial charge >= 0.3 is 0 Å². The second-order valence-corrected chi connectivity index (χ2v) is 4.09. The van der Waals surface area contributed by atoms with E-state index in [1.54, 1.807) is 0 Å². The minimum absolute atomic E-state index is 0. The number of pyridine rings is 1. The summed E-state index contributed by atoms with van der Waals surface area (Å²) in [6, 6.07) is 2.88. The first kappa shape index (κ1) is 9.94. The Balaban J connectivity index is 0.000000750. The number of hydrogen-bond donors (Lipinski definition) is 1. The third-order valence-electron chi connectivity index (χ3n) is 3.21. The molecule has 14 heavy (non-hydrogen) atoms. The molecule has 1 aliphatic carbocycles. The van der Waals surface area contributed by atoms with Gasteiger partial charge in [-0.15, -0.1) is 12.4 Å². The predicted octanol–water partition coefficient (Wildman–Crippen LogP) is 2.16. The lowest BCUT2D eigenvalue weighted by atomic mass is 10.1. The number of fused-ring (bicyclic) bond motifs is 2. The minimum atomic E-state index is 0. The Bertz CT molecular complexity index is 363. The molecule has 2 nitrogen and oxygen atoms in total. The van der Waals surface area contributed by atoms with Crippen molar-refractivity contribution in [2.45, 2.75) is 38.8 Å². The summed E-state index contributed by atoms with van der Waals surface area (Å²) in [7, 11) is 0. The highest BCUT2D eigenvalue weighted by Gasteiger charge is 2.23. The fourth-order valence-electron chi connectivity index (χ4n) is 2.41. The molecule has 0 amide bonds. The second-order valence-electron chi connectivity index (χ2n) is 4.09. The second kappa shape index (κ2) is 3.52. The van der Waals surface area contributed by atoms with Gasteiger partial charge in [-0.1, -0.05) is 6.07 Å². The van der Waals surface area contributed by atoms with Crippen molar-refractivity contribution in [3.63, 3.8) is 0 Å². The van der Waals surface area contributed by atoms with E-state index in [0.29, 0.717) is 6.04 Å². The molecule has 1 unspecified atom stereocenters. The van der Waals surface area contributed by atoms with E-state index >= 15 is 0 Å². The van der Waals surface area contributed by atoms with Crippen LogP contribution in [0.25, 0.3) is 0 Å². The highest BCUT2D eigenvalue weighted by molar-refractivity contribution is 5.85. The maximum atomic E-state index is 4.72. The van der Waals surface area contributed by atoms with E-state index in [2.05, 4.69) is 18.3 Å². The average Bonchev–Trinajstić information content (AvgIpc) is 2.70. The number of hydrogen-bond acceptors (Lipinski definition) is 2. The van der Waals surface area contributed by atoms with E-state index in [1.807, 2.05) is 0 Å². The molecule has 3 heteroatoms. The molecule has 1 N–H and O–H groups in total. The highest BCUT2D eigenvalue weighted by atomic mass is 35.5. The lowest BCUT2D eigenvalue weighted by Crippen LogP contribution is -2.07. The van der Waals surface area contributed by atoms with Crippen LogP contribution in [0.2, 0.25) is 0 Å². The number of aryl methyl sites for hydroxylation is 2. The fraction of sp³-hybridized carbons (Fsp3) is 0.545. The summed E-state index contributed by atoms with van der Waals surface area (Å²) in [5.41, 5.74) is 5.57. The first-order valence-corrected chi connectivity index (χ1v) is 5.09. The molecule has 0 radical (unpaired) electrons. The van der Waals surface area contributed by atoms with Crippen LogP contribution in [0.3, 0.4) is 0 Å². The predicted molar refractivity (Wildman–Crippen MR) is 58.8 cm³/mol. The molecule has 0 saturated carbocycles. The molecule has 76 valence electrons. The topological polar surface area (TPSA) is 24.9 Å². The van der Waals surface area contributed by atoms with Gasteiger partial charge in [0.25, 0.3) is 0 Å². The van der Waals surface area contributed by atoms with E-state index < -0.39 is 0 Å². The molecule has 0 spiro atoms. The van der Waals surface area contributed by atoms with Crippen LogP contribution >= 0.6 is 12.4 Å². The van der Waals surface area contributed by atoms with Gasteiger partial charge in [0, 0.05) is 18.3 Å². The van der Waals surface area contributed by atoms with Gasteiger partial charge in [0.1, 0.15) is 0 Å². The van der Waals surface area contributed by atoms with Crippen LogP contribution in [0.15, 0.2) is 6.07 Å². The highest BCUT2D eigenvalue weighted by Crippen LogP contribution is 2.29. The monoisotopic (exact) mass is 210 g/mol. The molecule has 1 atom stereocenters. The van der Waals surface area contributed by atoms with Gasteiger partial charge < -0.3 is 5.32 Å². The number of aromatic nitrogens is 1. The van der Waals surface area contributed by atoms with Crippen LogP contribution in [-0.2, 0) is 19.4 Å². The van der Waals surface area contributed by atoms with Gasteiger partial charge in [-0.05, 0) is 37.3 Å². The zero-order valence-corrected chi connectivity index (χ0v) is 9.16. The molecule has 1 aromatic heterocycles. The van der Waals surface area contributed by atoms with Crippen molar-refractivity contribution in [2.75, 3.05) is 0 Å². The Morgan fingerprint density at radius 3 is 3.07 bits per heavy atom. The lowest BCUT2D eigenvalue weighted by molar-refractivity contribution is 0.631. The third-order valence-corrected chi connectivity index (χ3v) is 3.21. The average molecular weight is 211 g/mol. The molecule has 2 heterocycles. The van der Waals surface area contributed by atoms with Crippen molar-refractivity contribution in [1.82, 2.24) is 10.3 Å². The Morgan fingerprint density at radius 2 is 2.21 bits per heavy atom. The van der Waals surface area contributed by atoms with Crippen LogP contribution in [-0.4, -0.2) is 4.98 Å². The summed E-state index contributed by atoms with van der Waals surface area (Å²) in [6.45, 7) is 3.18. The number of nitrogens with one attached hydrogen (secondary N) is 1. The van der Waals surface area contributed by atoms with E-state index in [-0.39, 0.29) is 12.4 Å². The van der Waals surface area contributed by atoms with Crippen molar-refractivity contribution in [3.05, 3.63) is 28.6 Å². The van der Waals surface area contributed by atoms with E-state index in [4.69, 9.17) is 4.98 Å².